The molecule has 0 spiro atoms. The maximum Gasteiger partial charge on any atom is 0.338 e. The molecule has 0 radical (unpaired) electrons. The van der Waals surface area contributed by atoms with Gasteiger partial charge in [0, 0.05) is 5.57 Å². The molecule has 1 atom stereocenters. The van der Waals surface area contributed by atoms with Crippen molar-refractivity contribution >= 4 is 11.9 Å². The van der Waals surface area contributed by atoms with Crippen molar-refractivity contribution in [2.45, 2.75) is 45.6 Å². The van der Waals surface area contributed by atoms with Gasteiger partial charge in [-0.05, 0) is 36.5 Å². The van der Waals surface area contributed by atoms with Crippen LogP contribution in [0.5, 0.6) is 0 Å². The predicted octanol–water partition coefficient (Wildman–Crippen LogP) is 3.01. The van der Waals surface area contributed by atoms with E-state index in [4.69, 9.17) is 9.47 Å². The van der Waals surface area contributed by atoms with Crippen LogP contribution in [-0.2, 0) is 19.7 Å². The van der Waals surface area contributed by atoms with Gasteiger partial charge in [0.2, 0.25) is 0 Å². The van der Waals surface area contributed by atoms with Crippen molar-refractivity contribution in [3.8, 4) is 0 Å². The molecule has 0 heterocycles. The highest BCUT2D eigenvalue weighted by molar-refractivity contribution is 5.89. The number of carbonyl (C=O) groups excluding carboxylic acids is 2. The van der Waals surface area contributed by atoms with Crippen molar-refractivity contribution in [1.82, 2.24) is 0 Å². The van der Waals surface area contributed by atoms with Crippen LogP contribution in [0.1, 0.15) is 50.0 Å². The first kappa shape index (κ1) is 19.9. The number of rotatable bonds is 8. The van der Waals surface area contributed by atoms with Crippen molar-refractivity contribution in [2.24, 2.45) is 0 Å². The van der Waals surface area contributed by atoms with Crippen LogP contribution in [0.25, 0.3) is 0 Å². The lowest BCUT2D eigenvalue weighted by molar-refractivity contribution is -0.142. The number of hydrogen-bond donors (Lipinski definition) is 1. The lowest BCUT2D eigenvalue weighted by Gasteiger charge is -2.23. The average molecular weight is 334 g/mol. The molecule has 0 amide bonds. The molecule has 5 heteroatoms. The first-order valence-electron chi connectivity index (χ1n) is 7.95. The molecule has 1 rings (SSSR count). The molecule has 0 saturated heterocycles. The molecule has 0 bridgehead atoms. The fraction of sp³-hybridized carbons (Fsp3) is 0.474. The fourth-order valence-corrected chi connectivity index (χ4v) is 1.86. The van der Waals surface area contributed by atoms with Gasteiger partial charge in [-0.25, -0.2) is 9.59 Å². The van der Waals surface area contributed by atoms with Crippen molar-refractivity contribution in [2.75, 3.05) is 13.2 Å². The summed E-state index contributed by atoms with van der Waals surface area (Å²) in [6.45, 7) is 10.9. The van der Waals surface area contributed by atoms with E-state index in [0.29, 0.717) is 5.56 Å². The molecule has 0 aromatic heterocycles. The number of hydrogen-bond acceptors (Lipinski definition) is 5. The Hall–Kier alpha value is -2.14. The molecule has 1 aromatic rings. The van der Waals surface area contributed by atoms with Gasteiger partial charge < -0.3 is 14.6 Å². The summed E-state index contributed by atoms with van der Waals surface area (Å²) in [7, 11) is 0. The van der Waals surface area contributed by atoms with Gasteiger partial charge in [-0.1, -0.05) is 39.5 Å². The van der Waals surface area contributed by atoms with Crippen LogP contribution in [0.4, 0.5) is 0 Å². The molecule has 1 N–H and O–H groups in total. The molecular weight excluding hydrogens is 308 g/mol. The Kier molecular flexibility index (Phi) is 7.17. The first-order valence-corrected chi connectivity index (χ1v) is 7.95. The summed E-state index contributed by atoms with van der Waals surface area (Å²) in [5.41, 5.74) is 1.85. The van der Waals surface area contributed by atoms with E-state index in [1.54, 1.807) is 12.1 Å². The molecule has 0 aliphatic rings. The van der Waals surface area contributed by atoms with E-state index in [1.165, 1.54) is 6.92 Å². The second kappa shape index (κ2) is 8.64. The fourth-order valence-electron chi connectivity index (χ4n) is 1.86. The number of aliphatic hydroxyl groups excluding tert-OH is 1. The Morgan fingerprint density at radius 3 is 2.21 bits per heavy atom. The quantitative estimate of drug-likeness (QED) is 0.584. The molecule has 5 nitrogen and oxygen atoms in total. The van der Waals surface area contributed by atoms with Gasteiger partial charge in [-0.3, -0.25) is 0 Å². The number of benzene rings is 1. The Balaban J connectivity index is 2.51. The topological polar surface area (TPSA) is 72.8 Å². The minimum atomic E-state index is -1.07. The molecule has 0 fully saturated rings. The molecule has 0 saturated carbocycles. The monoisotopic (exact) mass is 334 g/mol. The van der Waals surface area contributed by atoms with E-state index in [1.807, 2.05) is 12.1 Å². The highest BCUT2D eigenvalue weighted by Crippen LogP contribution is 2.26. The summed E-state index contributed by atoms with van der Waals surface area (Å²) in [6.07, 6.45) is -0.0816. The van der Waals surface area contributed by atoms with Crippen LogP contribution in [0, 0.1) is 0 Å². The Bertz CT molecular complexity index is 586. The second-order valence-corrected chi connectivity index (χ2v) is 6.45. The molecule has 132 valence electrons. The summed E-state index contributed by atoms with van der Waals surface area (Å²) in [4.78, 5) is 23.2. The van der Waals surface area contributed by atoms with Gasteiger partial charge in [0.1, 0.15) is 19.3 Å². The third kappa shape index (κ3) is 5.81. The van der Waals surface area contributed by atoms with Crippen LogP contribution in [-0.4, -0.2) is 36.4 Å². The van der Waals surface area contributed by atoms with Gasteiger partial charge in [0.25, 0.3) is 0 Å². The summed E-state index contributed by atoms with van der Waals surface area (Å²) in [6, 6.07) is 7.24. The highest BCUT2D eigenvalue weighted by Gasteiger charge is 2.19. The Labute approximate surface area is 143 Å². The van der Waals surface area contributed by atoms with Gasteiger partial charge >= 0.3 is 11.9 Å². The number of carbonyl (C=O) groups is 2. The van der Waals surface area contributed by atoms with Crippen molar-refractivity contribution < 1.29 is 24.2 Å². The molecule has 0 aliphatic heterocycles. The maximum atomic E-state index is 12.0. The lowest BCUT2D eigenvalue weighted by atomic mass is 9.82. The maximum absolute atomic E-state index is 12.0. The molecule has 24 heavy (non-hydrogen) atoms. The molecule has 0 aliphatic carbocycles. The summed E-state index contributed by atoms with van der Waals surface area (Å²) < 4.78 is 9.82. The lowest BCUT2D eigenvalue weighted by Crippen LogP contribution is -2.25. The van der Waals surface area contributed by atoms with Crippen molar-refractivity contribution in [3.63, 3.8) is 0 Å². The zero-order valence-electron chi connectivity index (χ0n) is 14.8. The normalized spacial score (nSPS) is 12.4. The predicted molar refractivity (Wildman–Crippen MR) is 91.8 cm³/mol. The van der Waals surface area contributed by atoms with Crippen LogP contribution in [0.15, 0.2) is 36.4 Å². The zero-order chi connectivity index (χ0) is 18.3. The van der Waals surface area contributed by atoms with Crippen LogP contribution in [0.3, 0.4) is 0 Å². The minimum Gasteiger partial charge on any atom is -0.459 e. The summed E-state index contributed by atoms with van der Waals surface area (Å²) in [5.74, 6) is -1.12. The zero-order valence-corrected chi connectivity index (χ0v) is 14.8. The van der Waals surface area contributed by atoms with E-state index in [-0.39, 0.29) is 24.2 Å². The standard InChI is InChI=1S/C19H26O5/c1-6-19(4,5)15-9-7-14(8-10-15)18(22)24-12-16(20)11-23-17(21)13(2)3/h7-10,16,20H,2,6,11-12H2,1,3-5H3. The van der Waals surface area contributed by atoms with Gasteiger partial charge in [-0.15, -0.1) is 0 Å². The second-order valence-electron chi connectivity index (χ2n) is 6.45. The third-order valence-electron chi connectivity index (χ3n) is 3.95. The van der Waals surface area contributed by atoms with E-state index in [0.717, 1.165) is 12.0 Å². The smallest absolute Gasteiger partial charge is 0.338 e. The largest absolute Gasteiger partial charge is 0.459 e. The first-order chi connectivity index (χ1) is 11.2. The Morgan fingerprint density at radius 1 is 1.17 bits per heavy atom. The third-order valence-corrected chi connectivity index (χ3v) is 3.95. The highest BCUT2D eigenvalue weighted by atomic mass is 16.6. The van der Waals surface area contributed by atoms with Crippen LogP contribution in [0.2, 0.25) is 0 Å². The van der Waals surface area contributed by atoms with E-state index in [9.17, 15) is 14.7 Å². The van der Waals surface area contributed by atoms with E-state index >= 15 is 0 Å². The summed E-state index contributed by atoms with van der Waals surface area (Å²) >= 11 is 0. The number of ether oxygens (including phenoxy) is 2. The van der Waals surface area contributed by atoms with E-state index in [2.05, 4.69) is 27.4 Å². The summed E-state index contributed by atoms with van der Waals surface area (Å²) in [5, 5.41) is 9.67. The van der Waals surface area contributed by atoms with Gasteiger partial charge in [0.15, 0.2) is 0 Å². The molecule has 1 aromatic carbocycles. The average Bonchev–Trinajstić information content (AvgIpc) is 2.57. The molecular formula is C19H26O5. The van der Waals surface area contributed by atoms with Crippen molar-refractivity contribution in [3.05, 3.63) is 47.5 Å². The van der Waals surface area contributed by atoms with Crippen LogP contribution >= 0.6 is 0 Å². The molecule has 1 unspecified atom stereocenters. The number of esters is 2. The Morgan fingerprint density at radius 2 is 1.71 bits per heavy atom. The van der Waals surface area contributed by atoms with Gasteiger partial charge in [0.05, 0.1) is 5.56 Å². The SMILES string of the molecule is C=C(C)C(=O)OCC(O)COC(=O)c1ccc(C(C)(C)CC)cc1. The van der Waals surface area contributed by atoms with Crippen LogP contribution < -0.4 is 0 Å². The number of aliphatic hydroxyl groups is 1. The van der Waals surface area contributed by atoms with E-state index < -0.39 is 18.0 Å². The minimum absolute atomic E-state index is 0.0474. The van der Waals surface area contributed by atoms with Crippen molar-refractivity contribution in [1.29, 1.82) is 0 Å². The van der Waals surface area contributed by atoms with Gasteiger partial charge in [-0.2, -0.15) is 0 Å².